The average Bonchev–Trinajstić information content (AvgIpc) is 2.51. The molecule has 0 saturated heterocycles. The summed E-state index contributed by atoms with van der Waals surface area (Å²) >= 11 is 11.5. The van der Waals surface area contributed by atoms with Crippen LogP contribution < -0.4 is 5.32 Å². The van der Waals surface area contributed by atoms with E-state index in [1.54, 1.807) is 0 Å². The highest BCUT2D eigenvalue weighted by atomic mass is 35.5. The molecule has 0 bridgehead atoms. The Bertz CT molecular complexity index is 888. The second-order valence-electron chi connectivity index (χ2n) is 4.82. The molecule has 0 unspecified atom stereocenters. The zero-order valence-corrected chi connectivity index (χ0v) is 14.4. The standard InChI is InChI=1S/C15H11Cl2F2NO3S/c16-11-3-2-10(8-12(11)17)24(22,23)6-5-15(21)20-14-4-1-9(18)7-13(14)19/h1-4,7-8H,5-6H2,(H,20,21). The minimum Gasteiger partial charge on any atom is -0.324 e. The zero-order chi connectivity index (χ0) is 17.9. The first-order chi connectivity index (χ1) is 11.2. The first-order valence-corrected chi connectivity index (χ1v) is 9.02. The van der Waals surface area contributed by atoms with Gasteiger partial charge in [-0.25, -0.2) is 17.2 Å². The summed E-state index contributed by atoms with van der Waals surface area (Å²) in [4.78, 5) is 11.7. The van der Waals surface area contributed by atoms with E-state index in [0.717, 1.165) is 12.1 Å². The lowest BCUT2D eigenvalue weighted by Crippen LogP contribution is -2.18. The molecule has 4 nitrogen and oxygen atoms in total. The van der Waals surface area contributed by atoms with Crippen LogP contribution in [0.2, 0.25) is 10.0 Å². The number of rotatable bonds is 5. The van der Waals surface area contributed by atoms with Crippen molar-refractivity contribution in [2.24, 2.45) is 0 Å². The number of halogens is 4. The van der Waals surface area contributed by atoms with Crippen LogP contribution in [0, 0.1) is 11.6 Å². The van der Waals surface area contributed by atoms with Crippen molar-refractivity contribution in [3.05, 3.63) is 58.1 Å². The van der Waals surface area contributed by atoms with Crippen molar-refractivity contribution in [2.75, 3.05) is 11.1 Å². The molecule has 1 N–H and O–H groups in total. The molecule has 24 heavy (non-hydrogen) atoms. The van der Waals surface area contributed by atoms with Crippen LogP contribution in [-0.2, 0) is 14.6 Å². The lowest BCUT2D eigenvalue weighted by Gasteiger charge is -2.08. The van der Waals surface area contributed by atoms with Gasteiger partial charge in [0.05, 0.1) is 26.4 Å². The van der Waals surface area contributed by atoms with Crippen LogP contribution in [0.4, 0.5) is 14.5 Å². The summed E-state index contributed by atoms with van der Waals surface area (Å²) in [5.74, 6) is -2.95. The third-order valence-electron chi connectivity index (χ3n) is 3.05. The number of carbonyl (C=O) groups excluding carboxylic acids is 1. The predicted molar refractivity (Wildman–Crippen MR) is 88.1 cm³/mol. The van der Waals surface area contributed by atoms with Crippen molar-refractivity contribution in [2.45, 2.75) is 11.3 Å². The minimum atomic E-state index is -3.76. The molecule has 0 aliphatic carbocycles. The number of benzene rings is 2. The van der Waals surface area contributed by atoms with Gasteiger partial charge in [-0.15, -0.1) is 0 Å². The van der Waals surface area contributed by atoms with Crippen molar-refractivity contribution >= 4 is 44.6 Å². The van der Waals surface area contributed by atoms with E-state index in [1.165, 1.54) is 18.2 Å². The monoisotopic (exact) mass is 393 g/mol. The van der Waals surface area contributed by atoms with Gasteiger partial charge < -0.3 is 5.32 Å². The molecule has 0 aromatic heterocycles. The smallest absolute Gasteiger partial charge is 0.225 e. The van der Waals surface area contributed by atoms with Gasteiger partial charge in [-0.1, -0.05) is 23.2 Å². The molecule has 1 amide bonds. The minimum absolute atomic E-state index is 0.0716. The van der Waals surface area contributed by atoms with Gasteiger partial charge in [0.1, 0.15) is 11.6 Å². The molecule has 0 aliphatic heterocycles. The summed E-state index contributed by atoms with van der Waals surface area (Å²) in [7, 11) is -3.76. The topological polar surface area (TPSA) is 63.2 Å². The lowest BCUT2D eigenvalue weighted by molar-refractivity contribution is -0.115. The Kier molecular flexibility index (Phi) is 5.79. The van der Waals surface area contributed by atoms with Crippen LogP contribution >= 0.6 is 23.2 Å². The highest BCUT2D eigenvalue weighted by Gasteiger charge is 2.18. The molecule has 0 atom stereocenters. The quantitative estimate of drug-likeness (QED) is 0.832. The molecule has 0 saturated carbocycles. The maximum atomic E-state index is 13.4. The highest BCUT2D eigenvalue weighted by molar-refractivity contribution is 7.91. The third kappa shape index (κ3) is 4.66. The summed E-state index contributed by atoms with van der Waals surface area (Å²) in [6.45, 7) is 0. The fraction of sp³-hybridized carbons (Fsp3) is 0.133. The van der Waals surface area contributed by atoms with Crippen molar-refractivity contribution in [1.82, 2.24) is 0 Å². The molecule has 0 aliphatic rings. The number of nitrogens with one attached hydrogen (secondary N) is 1. The van der Waals surface area contributed by atoms with Crippen LogP contribution in [0.3, 0.4) is 0 Å². The highest BCUT2D eigenvalue weighted by Crippen LogP contribution is 2.25. The third-order valence-corrected chi connectivity index (χ3v) is 5.51. The Balaban J connectivity index is 2.03. The number of sulfone groups is 1. The number of amides is 1. The van der Waals surface area contributed by atoms with Gasteiger partial charge in [0.25, 0.3) is 0 Å². The van der Waals surface area contributed by atoms with Crippen LogP contribution in [0.15, 0.2) is 41.3 Å². The van der Waals surface area contributed by atoms with Gasteiger partial charge in [0.15, 0.2) is 9.84 Å². The largest absolute Gasteiger partial charge is 0.324 e. The molecule has 128 valence electrons. The summed E-state index contributed by atoms with van der Waals surface area (Å²) in [6.07, 6.45) is -0.403. The van der Waals surface area contributed by atoms with E-state index in [4.69, 9.17) is 23.2 Å². The first kappa shape index (κ1) is 18.6. The first-order valence-electron chi connectivity index (χ1n) is 6.62. The molecule has 2 aromatic carbocycles. The molecule has 0 heterocycles. The van der Waals surface area contributed by atoms with E-state index in [2.05, 4.69) is 5.32 Å². The Morgan fingerprint density at radius 3 is 2.38 bits per heavy atom. The number of hydrogen-bond acceptors (Lipinski definition) is 3. The van der Waals surface area contributed by atoms with Gasteiger partial charge >= 0.3 is 0 Å². The molecule has 0 fully saturated rings. The van der Waals surface area contributed by atoms with Gasteiger partial charge in [-0.05, 0) is 30.3 Å². The van der Waals surface area contributed by atoms with E-state index in [1.807, 2.05) is 0 Å². The maximum Gasteiger partial charge on any atom is 0.225 e. The zero-order valence-electron chi connectivity index (χ0n) is 12.0. The lowest BCUT2D eigenvalue weighted by atomic mass is 10.3. The summed E-state index contributed by atoms with van der Waals surface area (Å²) < 4.78 is 50.5. The van der Waals surface area contributed by atoms with Crippen molar-refractivity contribution in [3.63, 3.8) is 0 Å². The molecular weight excluding hydrogens is 383 g/mol. The van der Waals surface area contributed by atoms with Crippen LogP contribution in [-0.4, -0.2) is 20.1 Å². The fourth-order valence-electron chi connectivity index (χ4n) is 1.82. The van der Waals surface area contributed by atoms with Crippen LogP contribution in [0.1, 0.15) is 6.42 Å². The average molecular weight is 394 g/mol. The number of hydrogen-bond donors (Lipinski definition) is 1. The van der Waals surface area contributed by atoms with E-state index in [-0.39, 0.29) is 20.6 Å². The van der Waals surface area contributed by atoms with Crippen LogP contribution in [0.5, 0.6) is 0 Å². The summed E-state index contributed by atoms with van der Waals surface area (Å²) in [6, 6.07) is 6.45. The Morgan fingerprint density at radius 2 is 1.75 bits per heavy atom. The van der Waals surface area contributed by atoms with E-state index in [9.17, 15) is 22.0 Å². The van der Waals surface area contributed by atoms with Gasteiger partial charge in [-0.2, -0.15) is 0 Å². The fourth-order valence-corrected chi connectivity index (χ4v) is 3.44. The molecule has 9 heteroatoms. The van der Waals surface area contributed by atoms with E-state index in [0.29, 0.717) is 6.07 Å². The maximum absolute atomic E-state index is 13.4. The Labute approximate surface area is 147 Å². The van der Waals surface area contributed by atoms with Gasteiger partial charge in [-0.3, -0.25) is 4.79 Å². The molecular formula is C15H11Cl2F2NO3S. The van der Waals surface area contributed by atoms with Crippen molar-refractivity contribution in [3.8, 4) is 0 Å². The van der Waals surface area contributed by atoms with Crippen molar-refractivity contribution in [1.29, 1.82) is 0 Å². The van der Waals surface area contributed by atoms with Crippen molar-refractivity contribution < 1.29 is 22.0 Å². The molecule has 2 aromatic rings. The number of anilines is 1. The Morgan fingerprint density at radius 1 is 1.04 bits per heavy atom. The molecule has 2 rings (SSSR count). The molecule has 0 spiro atoms. The summed E-state index contributed by atoms with van der Waals surface area (Å²) in [5, 5.41) is 2.48. The summed E-state index contributed by atoms with van der Waals surface area (Å²) in [5.41, 5.74) is -0.228. The second kappa shape index (κ2) is 7.46. The second-order valence-corrected chi connectivity index (χ2v) is 7.74. The van der Waals surface area contributed by atoms with E-state index >= 15 is 0 Å². The SMILES string of the molecule is O=C(CCS(=O)(=O)c1ccc(Cl)c(Cl)c1)Nc1ccc(F)cc1F. The predicted octanol–water partition coefficient (Wildman–Crippen LogP) is 4.07. The van der Waals surface area contributed by atoms with Crippen LogP contribution in [0.25, 0.3) is 0 Å². The van der Waals surface area contributed by atoms with Gasteiger partial charge in [0, 0.05) is 12.5 Å². The number of carbonyl (C=O) groups is 1. The molecule has 0 radical (unpaired) electrons. The Hall–Kier alpha value is -1.70. The normalized spacial score (nSPS) is 11.3. The van der Waals surface area contributed by atoms with Gasteiger partial charge in [0.2, 0.25) is 5.91 Å². The van der Waals surface area contributed by atoms with E-state index < -0.39 is 39.6 Å².